The van der Waals surface area contributed by atoms with E-state index in [1.165, 1.54) is 33.4 Å². The summed E-state index contributed by atoms with van der Waals surface area (Å²) in [6.07, 6.45) is 0. The molecule has 0 spiro atoms. The highest BCUT2D eigenvalue weighted by Gasteiger charge is 2.30. The molecule has 0 amide bonds. The number of hydrogen-bond donors (Lipinski definition) is 2. The number of nitrogens with one attached hydrogen (secondary N) is 2. The smallest absolute Gasteiger partial charge is 0.164 e. The second kappa shape index (κ2) is 26.1. The van der Waals surface area contributed by atoms with E-state index in [4.69, 9.17) is 34.6 Å². The van der Waals surface area contributed by atoms with Gasteiger partial charge < -0.3 is 19.2 Å². The first-order valence-electron chi connectivity index (χ1n) is 38.0. The van der Waals surface area contributed by atoms with Gasteiger partial charge in [0.25, 0.3) is 0 Å². The number of rotatable bonds is 10. The highest BCUT2D eigenvalue weighted by molar-refractivity contribution is 6.11. The molecule has 2 aliphatic rings. The van der Waals surface area contributed by atoms with Crippen molar-refractivity contribution in [3.8, 4) is 118 Å². The van der Waals surface area contributed by atoms with Crippen molar-refractivity contribution in [2.45, 2.75) is 157 Å². The maximum atomic E-state index is 6.63. The number of hydrogen-bond acceptors (Lipinski definition) is 7. The van der Waals surface area contributed by atoms with E-state index in [0.29, 0.717) is 52.5 Å². The average Bonchev–Trinajstić information content (AvgIpc) is 1.60. The zero-order valence-electron chi connectivity index (χ0n) is 66.5. The Morgan fingerprint density at radius 3 is 0.710 bits per heavy atom. The number of nitrogens with zero attached hydrogens (tertiary/aromatic N) is 7. The van der Waals surface area contributed by atoms with Crippen LogP contribution in [0.5, 0.6) is 5.75 Å². The highest BCUT2D eigenvalue weighted by atomic mass is 16.5. The van der Waals surface area contributed by atoms with Crippen LogP contribution < -0.4 is 4.74 Å². The Hall–Kier alpha value is -10.7. The van der Waals surface area contributed by atoms with Gasteiger partial charge in [-0.05, 0) is 187 Å². The van der Waals surface area contributed by atoms with Crippen molar-refractivity contribution in [3.63, 3.8) is 0 Å². The Balaban J connectivity index is 1.09. The topological polar surface area (TPSA) is 118 Å². The molecule has 15 rings (SSSR count). The average molecular weight is 1410 g/mol. The minimum Gasteiger partial charge on any atom is -0.488 e. The van der Waals surface area contributed by atoms with Gasteiger partial charge in [-0.25, -0.2) is 29.9 Å². The van der Waals surface area contributed by atoms with Crippen LogP contribution in [0.3, 0.4) is 0 Å². The van der Waals surface area contributed by atoms with Gasteiger partial charge in [-0.2, -0.15) is 0 Å². The molecule has 8 bridgehead atoms. The fourth-order valence-electron chi connectivity index (χ4n) is 14.8. The van der Waals surface area contributed by atoms with E-state index in [-0.39, 0.29) is 32.5 Å². The molecule has 0 atom stereocenters. The molecule has 0 fully saturated rings. The number of likely N-dealkylation sites (N-methyl/N-ethyl adjacent to an activating group) is 1. The van der Waals surface area contributed by atoms with Crippen LogP contribution in [0.4, 0.5) is 0 Å². The molecule has 540 valence electrons. The molecule has 10 heteroatoms. The lowest BCUT2D eigenvalue weighted by molar-refractivity contribution is -0.870. The Morgan fingerprint density at radius 2 is 0.477 bits per heavy atom. The van der Waals surface area contributed by atoms with Gasteiger partial charge in [0, 0.05) is 43.8 Å². The van der Waals surface area contributed by atoms with E-state index < -0.39 is 0 Å². The predicted molar refractivity (Wildman–Crippen MR) is 449 cm³/mol. The first kappa shape index (κ1) is 71.9. The molecule has 3 aromatic heterocycles. The SMILES string of the molecule is CC(C)(C)c1ccc(-c2cc3c(cc2-c2ccc(C(C)(C)C)cc2)-c2nc-3nc3[nH]c(nc4nc(nc5[nH]c(n2)c2cc(-c6ccc(C(C)(C)C)cc6)c(-c6ccc(C(C)(C)C)cc6)cc52)-c2cc(-c5ccc(C(C)(C)C)cc5)c(-c5ccc(C(C)(C)C)cc5)cc2-4)c2cc(OCC[N+](C)(C)C)ccc32)cc1. The summed E-state index contributed by atoms with van der Waals surface area (Å²) in [4.78, 5) is 42.2. The summed E-state index contributed by atoms with van der Waals surface area (Å²) in [6, 6.07) is 74.5. The largest absolute Gasteiger partial charge is 0.488 e. The number of quaternary nitrogens is 1. The molecule has 2 N–H and O–H groups in total. The molecule has 107 heavy (non-hydrogen) atoms. The normalized spacial score (nSPS) is 13.0. The van der Waals surface area contributed by atoms with Gasteiger partial charge in [0.2, 0.25) is 0 Å². The lowest BCUT2D eigenvalue weighted by atomic mass is 9.84. The highest BCUT2D eigenvalue weighted by Crippen LogP contribution is 2.48. The van der Waals surface area contributed by atoms with Crippen molar-refractivity contribution in [1.82, 2.24) is 39.9 Å². The molecule has 10 aromatic carbocycles. The van der Waals surface area contributed by atoms with Crippen molar-refractivity contribution < 1.29 is 9.22 Å². The lowest BCUT2D eigenvalue weighted by Crippen LogP contribution is -2.38. The quantitative estimate of drug-likeness (QED) is 0.131. The number of aromatic amines is 2. The summed E-state index contributed by atoms with van der Waals surface area (Å²) >= 11 is 0. The fourth-order valence-corrected chi connectivity index (χ4v) is 14.8. The molecule has 10 nitrogen and oxygen atoms in total. The summed E-state index contributed by atoms with van der Waals surface area (Å²) in [5.41, 5.74) is 25.9. The molecule has 5 heterocycles. The van der Waals surface area contributed by atoms with E-state index in [2.05, 4.69) is 350 Å². The van der Waals surface area contributed by atoms with Crippen LogP contribution in [-0.4, -0.2) is 78.6 Å². The first-order chi connectivity index (χ1) is 50.4. The van der Waals surface area contributed by atoms with Crippen molar-refractivity contribution in [2.24, 2.45) is 0 Å². The summed E-state index contributed by atoms with van der Waals surface area (Å²) < 4.78 is 7.39. The Morgan fingerprint density at radius 1 is 0.252 bits per heavy atom. The summed E-state index contributed by atoms with van der Waals surface area (Å²) in [5, 5.41) is 3.43. The fraction of sp³-hybridized carbons (Fsp3) is 0.299. The van der Waals surface area contributed by atoms with Crippen molar-refractivity contribution in [2.75, 3.05) is 34.3 Å². The summed E-state index contributed by atoms with van der Waals surface area (Å²) in [5.74, 6) is 2.76. The molecule has 2 aliphatic heterocycles. The van der Waals surface area contributed by atoms with Crippen LogP contribution >= 0.6 is 0 Å². The second-order valence-corrected chi connectivity index (χ2v) is 37.0. The predicted octanol–water partition coefficient (Wildman–Crippen LogP) is 24.7. The maximum absolute atomic E-state index is 6.63. The Bertz CT molecular complexity index is 5810. The minimum atomic E-state index is -0.0491. The molecule has 0 saturated carbocycles. The van der Waals surface area contributed by atoms with Gasteiger partial charge in [-0.3, -0.25) is 0 Å². The van der Waals surface area contributed by atoms with Crippen LogP contribution in [0, 0.1) is 0 Å². The number of H-pyrrole nitrogens is 2. The molecule has 0 aliphatic carbocycles. The van der Waals surface area contributed by atoms with Crippen LogP contribution in [0.2, 0.25) is 0 Å². The van der Waals surface area contributed by atoms with E-state index in [0.717, 1.165) is 127 Å². The number of aromatic nitrogens is 8. The second-order valence-electron chi connectivity index (χ2n) is 37.0. The number of benzene rings is 10. The van der Waals surface area contributed by atoms with Crippen LogP contribution in [0.15, 0.2) is 200 Å². The maximum Gasteiger partial charge on any atom is 0.164 e. The molecular formula is C97H102N9O+. The van der Waals surface area contributed by atoms with Gasteiger partial charge in [0.1, 0.15) is 41.5 Å². The summed E-state index contributed by atoms with van der Waals surface area (Å²) in [7, 11) is 6.55. The minimum absolute atomic E-state index is 0.0424. The molecule has 0 radical (unpaired) electrons. The molecular weight excluding hydrogens is 1310 g/mol. The molecule has 0 unspecified atom stereocenters. The monoisotopic (exact) mass is 1410 g/mol. The van der Waals surface area contributed by atoms with Gasteiger partial charge >= 0.3 is 0 Å². The van der Waals surface area contributed by atoms with Crippen LogP contribution in [-0.2, 0) is 32.5 Å². The Labute approximate surface area is 632 Å². The number of ether oxygens (including phenoxy) is 1. The van der Waals surface area contributed by atoms with Gasteiger partial charge in [-0.15, -0.1) is 0 Å². The molecule has 13 aromatic rings. The third kappa shape index (κ3) is 14.3. The van der Waals surface area contributed by atoms with E-state index in [1.807, 2.05) is 6.07 Å². The van der Waals surface area contributed by atoms with Crippen molar-refractivity contribution in [1.29, 1.82) is 0 Å². The third-order valence-electron chi connectivity index (χ3n) is 21.6. The van der Waals surface area contributed by atoms with E-state index in [1.54, 1.807) is 0 Å². The van der Waals surface area contributed by atoms with E-state index >= 15 is 0 Å². The van der Waals surface area contributed by atoms with Gasteiger partial charge in [-0.1, -0.05) is 270 Å². The van der Waals surface area contributed by atoms with Gasteiger partial charge in [0.05, 0.1) is 21.1 Å². The standard InChI is InChI=1S/C97H102N9O/c1-92(2,3)63-34-22-57(23-35-63)71-51-78-79(52-72(71)58-24-36-64(37-25-58)93(4,5)6)88-101-86(78)99-84-70-47-46-69(107-49-48-106(19,20)21)50-77(70)85(98-84)100-87-80-53-73(59-26-38-65(39-27-59)94(7,8)9)74(60-28-40-66(41-29-60)95(10,11)12)54-81(80)89(102-87)104-91-83-56-76(62-32-44-68(45-33-62)97(16,17)18)75(55-82(83)90(103-88)105-91)61-30-42-67(43-31-61)96(13,14)15/h22-47,50-56H,48-49H2,1-21H3,(H2,98,99,100,101,102,103,104,105)/q+1. The molecule has 0 saturated heterocycles. The zero-order valence-corrected chi connectivity index (χ0v) is 66.5. The zero-order chi connectivity index (χ0) is 75.8. The number of fused-ring (bicyclic) bond motifs is 20. The van der Waals surface area contributed by atoms with Gasteiger partial charge in [0.15, 0.2) is 23.3 Å². The Kier molecular flexibility index (Phi) is 17.5. The van der Waals surface area contributed by atoms with E-state index in [9.17, 15) is 0 Å². The van der Waals surface area contributed by atoms with Crippen molar-refractivity contribution in [3.05, 3.63) is 234 Å². The third-order valence-corrected chi connectivity index (χ3v) is 21.6. The van der Waals surface area contributed by atoms with Crippen molar-refractivity contribution >= 4 is 44.1 Å². The van der Waals surface area contributed by atoms with Crippen LogP contribution in [0.1, 0.15) is 158 Å². The first-order valence-corrected chi connectivity index (χ1v) is 38.0. The summed E-state index contributed by atoms with van der Waals surface area (Å²) in [6.45, 7) is 42.1. The lowest BCUT2D eigenvalue weighted by Gasteiger charge is -2.23. The van der Waals surface area contributed by atoms with Crippen LogP contribution in [0.25, 0.3) is 156 Å².